The zero-order valence-corrected chi connectivity index (χ0v) is 34.9. The third-order valence-electron chi connectivity index (χ3n) is 5.82. The van der Waals surface area contributed by atoms with Crippen LogP contribution in [-0.2, 0) is 52.6 Å². The van der Waals surface area contributed by atoms with Gasteiger partial charge in [-0.25, -0.2) is 14.4 Å². The zero-order chi connectivity index (χ0) is 42.7. The van der Waals surface area contributed by atoms with Crippen LogP contribution in [0, 0.1) is 0 Å². The third kappa shape index (κ3) is 25.9. The van der Waals surface area contributed by atoms with Gasteiger partial charge < -0.3 is 48.2 Å². The first kappa shape index (κ1) is 54.9. The molecule has 22 nitrogen and oxygen atoms in total. The Balaban J connectivity index is 0. The monoisotopic (exact) mass is 820 g/mol. The van der Waals surface area contributed by atoms with E-state index in [9.17, 15) is 28.8 Å². The summed E-state index contributed by atoms with van der Waals surface area (Å²) in [4.78, 5) is 77.7. The zero-order valence-electron chi connectivity index (χ0n) is 34.9. The number of aryl methyl sites for hydroxylation is 3. The standard InChI is InChI=1S/C13H20N2O5.2C11H16N2O5.Li.H2O/c1-5-18-12(17)11-14-9(20-15-11)7-6-8-10(16)19-13(2,3)4;2*1-11(2,3)17-8(14)6-4-5-7-12-9(10(15)16)13-18-7;;/h5-8H2,1-4H3;2*4-6H2,1-3H3,(H,15,16);;1H2/q;;;+1;/p-1. The molecule has 320 valence electrons. The van der Waals surface area contributed by atoms with Crippen molar-refractivity contribution in [3.8, 4) is 0 Å². The van der Waals surface area contributed by atoms with Gasteiger partial charge in [-0.05, 0) is 104 Å². The van der Waals surface area contributed by atoms with E-state index in [1.165, 1.54) is 0 Å². The average molecular weight is 821 g/mol. The molecule has 0 saturated carbocycles. The van der Waals surface area contributed by atoms with Crippen LogP contribution in [0.5, 0.6) is 0 Å². The summed E-state index contributed by atoms with van der Waals surface area (Å²) in [7, 11) is 0. The number of aromatic nitrogens is 6. The van der Waals surface area contributed by atoms with Crippen LogP contribution in [-0.4, -0.2) is 105 Å². The van der Waals surface area contributed by atoms with Gasteiger partial charge in [0.25, 0.3) is 17.5 Å². The number of aromatic carboxylic acids is 2. The number of carboxylic acids is 2. The molecule has 0 amide bonds. The number of carbonyl (C=O) groups is 6. The van der Waals surface area contributed by atoms with Crippen molar-refractivity contribution >= 4 is 35.8 Å². The van der Waals surface area contributed by atoms with E-state index in [0.29, 0.717) is 44.4 Å². The molecule has 0 spiro atoms. The van der Waals surface area contributed by atoms with E-state index in [4.69, 9.17) is 42.7 Å². The maximum atomic E-state index is 11.5. The van der Waals surface area contributed by atoms with Gasteiger partial charge in [-0.15, -0.1) is 0 Å². The SMILES string of the molecule is CC(C)(C)OC(=O)CCCc1nc(C(=O)O)no1.CC(C)(C)OC(=O)CCCc1nc(C(=O)O)no1.CCOC(=O)c1noc(CCCC(=O)OC(C)(C)C)n1.[Li+].[OH-]. The quantitative estimate of drug-likeness (QED) is 0.118. The molecule has 58 heavy (non-hydrogen) atoms. The van der Waals surface area contributed by atoms with E-state index in [1.807, 2.05) is 20.8 Å². The van der Waals surface area contributed by atoms with Crippen LogP contribution in [0.25, 0.3) is 0 Å². The first-order valence-corrected chi connectivity index (χ1v) is 17.6. The van der Waals surface area contributed by atoms with Crippen LogP contribution >= 0.6 is 0 Å². The fraction of sp³-hybridized carbons (Fsp3) is 0.657. The summed E-state index contributed by atoms with van der Waals surface area (Å²) in [5.41, 5.74) is -1.49. The van der Waals surface area contributed by atoms with Crippen LogP contribution < -0.4 is 18.9 Å². The Morgan fingerprint density at radius 2 is 0.810 bits per heavy atom. The maximum Gasteiger partial charge on any atom is 1.00 e. The molecule has 0 aliphatic heterocycles. The molecule has 23 heteroatoms. The van der Waals surface area contributed by atoms with Crippen LogP contribution in [0.1, 0.15) is 157 Å². The summed E-state index contributed by atoms with van der Waals surface area (Å²) >= 11 is 0. The number of rotatable bonds is 16. The summed E-state index contributed by atoms with van der Waals surface area (Å²) in [6.07, 6.45) is 3.26. The first-order chi connectivity index (χ1) is 25.9. The van der Waals surface area contributed by atoms with E-state index in [-0.39, 0.29) is 97.4 Å². The van der Waals surface area contributed by atoms with Crippen molar-refractivity contribution in [2.45, 2.75) is 144 Å². The van der Waals surface area contributed by atoms with Gasteiger partial charge in [0, 0.05) is 38.5 Å². The van der Waals surface area contributed by atoms with Crippen molar-refractivity contribution in [3.05, 3.63) is 35.1 Å². The van der Waals surface area contributed by atoms with Crippen molar-refractivity contribution in [1.82, 2.24) is 30.4 Å². The summed E-state index contributed by atoms with van der Waals surface area (Å²) in [5, 5.41) is 27.2. The Hall–Kier alpha value is -5.20. The van der Waals surface area contributed by atoms with Gasteiger partial charge >= 0.3 is 54.7 Å². The van der Waals surface area contributed by atoms with Crippen molar-refractivity contribution in [3.63, 3.8) is 0 Å². The molecule has 3 aromatic rings. The number of hydrogen-bond donors (Lipinski definition) is 2. The van der Waals surface area contributed by atoms with E-state index < -0.39 is 34.7 Å². The molecule has 3 rings (SSSR count). The van der Waals surface area contributed by atoms with E-state index in [1.54, 1.807) is 48.5 Å². The first-order valence-electron chi connectivity index (χ1n) is 17.6. The smallest absolute Gasteiger partial charge is 0.870 e. The Morgan fingerprint density at radius 3 is 1.05 bits per heavy atom. The molecular formula is C35H53LiN6O16. The Kier molecular flexibility index (Phi) is 24.5. The van der Waals surface area contributed by atoms with Gasteiger partial charge in [-0.1, -0.05) is 0 Å². The number of nitrogens with zero attached hydrogens (tertiary/aromatic N) is 6. The van der Waals surface area contributed by atoms with Crippen molar-refractivity contribution in [2.75, 3.05) is 6.61 Å². The van der Waals surface area contributed by atoms with Gasteiger partial charge in [0.2, 0.25) is 17.7 Å². The van der Waals surface area contributed by atoms with Crippen LogP contribution in [0.3, 0.4) is 0 Å². The fourth-order valence-corrected chi connectivity index (χ4v) is 3.85. The summed E-state index contributed by atoms with van der Waals surface area (Å²) in [6.45, 7) is 18.1. The molecule has 0 aliphatic rings. The molecule has 0 radical (unpaired) electrons. The molecular weight excluding hydrogens is 767 g/mol. The summed E-state index contributed by atoms with van der Waals surface area (Å²) in [6, 6.07) is 0. The van der Waals surface area contributed by atoms with E-state index in [0.717, 1.165) is 0 Å². The molecule has 3 N–H and O–H groups in total. The van der Waals surface area contributed by atoms with Crippen LogP contribution in [0.2, 0.25) is 0 Å². The molecule has 0 unspecified atom stereocenters. The van der Waals surface area contributed by atoms with Gasteiger partial charge in [0.15, 0.2) is 0 Å². The fourth-order valence-electron chi connectivity index (χ4n) is 3.85. The van der Waals surface area contributed by atoms with Crippen molar-refractivity contribution < 1.29 is 95.8 Å². The normalized spacial score (nSPS) is 10.9. The van der Waals surface area contributed by atoms with Crippen molar-refractivity contribution in [2.24, 2.45) is 0 Å². The third-order valence-corrected chi connectivity index (χ3v) is 5.82. The summed E-state index contributed by atoms with van der Waals surface area (Å²) < 4.78 is 34.5. The molecule has 0 bridgehead atoms. The average Bonchev–Trinajstić information content (AvgIpc) is 3.81. The second-order valence-electron chi connectivity index (χ2n) is 14.7. The second kappa shape index (κ2) is 25.9. The minimum Gasteiger partial charge on any atom is -0.870 e. The number of hydrogen-bond acceptors (Lipinski definition) is 20. The maximum absolute atomic E-state index is 11.5. The topological polar surface area (TPSA) is 327 Å². The van der Waals surface area contributed by atoms with Gasteiger partial charge in [-0.3, -0.25) is 14.4 Å². The molecule has 0 aliphatic carbocycles. The van der Waals surface area contributed by atoms with Crippen LogP contribution in [0.15, 0.2) is 13.6 Å². The van der Waals surface area contributed by atoms with Crippen LogP contribution in [0.4, 0.5) is 0 Å². The predicted octanol–water partition coefficient (Wildman–Crippen LogP) is 1.60. The molecule has 0 fully saturated rings. The number of esters is 4. The molecule has 3 aromatic heterocycles. The number of carboxylic acid groups (broad SMARTS) is 2. The molecule has 0 aromatic carbocycles. The number of ether oxygens (including phenoxy) is 4. The van der Waals surface area contributed by atoms with Gasteiger partial charge in [-0.2, -0.15) is 15.0 Å². The minimum atomic E-state index is -1.24. The predicted molar refractivity (Wildman–Crippen MR) is 191 cm³/mol. The number of carbonyl (C=O) groups excluding carboxylic acids is 4. The van der Waals surface area contributed by atoms with Gasteiger partial charge in [0.05, 0.1) is 6.61 Å². The Bertz CT molecular complexity index is 1650. The van der Waals surface area contributed by atoms with Gasteiger partial charge in [0.1, 0.15) is 16.8 Å². The van der Waals surface area contributed by atoms with E-state index >= 15 is 0 Å². The molecule has 0 saturated heterocycles. The molecule has 0 atom stereocenters. The Morgan fingerprint density at radius 1 is 0.534 bits per heavy atom. The minimum absolute atomic E-state index is 0. The van der Waals surface area contributed by atoms with E-state index in [2.05, 4.69) is 30.4 Å². The van der Waals surface area contributed by atoms with Crippen molar-refractivity contribution in [1.29, 1.82) is 0 Å². The second-order valence-corrected chi connectivity index (χ2v) is 14.7. The Labute approximate surface area is 346 Å². The molecule has 3 heterocycles. The largest absolute Gasteiger partial charge is 1.00 e. The summed E-state index contributed by atoms with van der Waals surface area (Å²) in [5.74, 6) is -4.11.